The average Bonchev–Trinajstić information content (AvgIpc) is 2.90. The fourth-order valence-corrected chi connectivity index (χ4v) is 4.03. The minimum absolute atomic E-state index is 0.0562. The number of carbonyl (C=O) groups is 2. The van der Waals surface area contributed by atoms with Crippen LogP contribution in [0.3, 0.4) is 0 Å². The Kier molecular flexibility index (Phi) is 4.90. The summed E-state index contributed by atoms with van der Waals surface area (Å²) in [7, 11) is 0. The summed E-state index contributed by atoms with van der Waals surface area (Å²) in [6, 6.07) is 5.91. The maximum atomic E-state index is 12.5. The monoisotopic (exact) mass is 329 g/mol. The highest BCUT2D eigenvalue weighted by Crippen LogP contribution is 2.36. The molecule has 5 nitrogen and oxygen atoms in total. The molecule has 0 radical (unpaired) electrons. The van der Waals surface area contributed by atoms with Crippen LogP contribution >= 0.6 is 0 Å². The SMILES string of the molecule is Cc1cc(C)cc(NC(=O)CC(=O)N2CC[C@@]3(CCCNC3)C2)c1. The quantitative estimate of drug-likeness (QED) is 0.836. The van der Waals surface area contributed by atoms with E-state index in [1.807, 2.05) is 30.9 Å². The predicted molar refractivity (Wildman–Crippen MR) is 94.9 cm³/mol. The van der Waals surface area contributed by atoms with Crippen LogP contribution in [0, 0.1) is 19.3 Å². The van der Waals surface area contributed by atoms with Gasteiger partial charge >= 0.3 is 0 Å². The van der Waals surface area contributed by atoms with Crippen molar-refractivity contribution in [3.8, 4) is 0 Å². The van der Waals surface area contributed by atoms with Crippen LogP contribution in [0.15, 0.2) is 18.2 Å². The van der Waals surface area contributed by atoms with Gasteiger partial charge in [-0.15, -0.1) is 0 Å². The summed E-state index contributed by atoms with van der Waals surface area (Å²) >= 11 is 0. The third-order valence-electron chi connectivity index (χ3n) is 5.17. The Morgan fingerprint density at radius 1 is 1.21 bits per heavy atom. The van der Waals surface area contributed by atoms with Crippen LogP contribution in [0.25, 0.3) is 0 Å². The highest BCUT2D eigenvalue weighted by Gasteiger charge is 2.40. The predicted octanol–water partition coefficient (Wildman–Crippen LogP) is 2.23. The van der Waals surface area contributed by atoms with Crippen molar-refractivity contribution in [3.05, 3.63) is 29.3 Å². The molecule has 2 fully saturated rings. The average molecular weight is 329 g/mol. The molecule has 0 aliphatic carbocycles. The van der Waals surface area contributed by atoms with Crippen molar-refractivity contribution >= 4 is 17.5 Å². The molecule has 0 aromatic heterocycles. The van der Waals surface area contributed by atoms with Gasteiger partial charge in [0.1, 0.15) is 6.42 Å². The van der Waals surface area contributed by atoms with E-state index in [1.165, 1.54) is 12.8 Å². The molecule has 0 saturated carbocycles. The molecule has 2 N–H and O–H groups in total. The van der Waals surface area contributed by atoms with E-state index in [1.54, 1.807) is 0 Å². The van der Waals surface area contributed by atoms with Crippen molar-refractivity contribution in [3.63, 3.8) is 0 Å². The minimum atomic E-state index is -0.229. The van der Waals surface area contributed by atoms with Crippen molar-refractivity contribution in [1.29, 1.82) is 0 Å². The molecule has 0 bridgehead atoms. The largest absolute Gasteiger partial charge is 0.342 e. The number of likely N-dealkylation sites (tertiary alicyclic amines) is 1. The zero-order valence-electron chi connectivity index (χ0n) is 14.7. The van der Waals surface area contributed by atoms with Gasteiger partial charge in [0.25, 0.3) is 0 Å². The van der Waals surface area contributed by atoms with E-state index >= 15 is 0 Å². The Morgan fingerprint density at radius 3 is 2.62 bits per heavy atom. The fourth-order valence-electron chi connectivity index (χ4n) is 4.03. The molecule has 1 atom stereocenters. The first-order chi connectivity index (χ1) is 11.5. The first kappa shape index (κ1) is 17.0. The number of nitrogens with zero attached hydrogens (tertiary/aromatic N) is 1. The molecule has 2 saturated heterocycles. The van der Waals surface area contributed by atoms with Crippen LogP contribution in [-0.2, 0) is 9.59 Å². The van der Waals surface area contributed by atoms with Crippen LogP contribution < -0.4 is 10.6 Å². The van der Waals surface area contributed by atoms with Crippen LogP contribution in [0.5, 0.6) is 0 Å². The maximum absolute atomic E-state index is 12.5. The van der Waals surface area contributed by atoms with E-state index in [0.29, 0.717) is 0 Å². The smallest absolute Gasteiger partial charge is 0.233 e. The summed E-state index contributed by atoms with van der Waals surface area (Å²) in [6.45, 7) is 7.62. The first-order valence-corrected chi connectivity index (χ1v) is 8.82. The van der Waals surface area contributed by atoms with Crippen LogP contribution in [0.4, 0.5) is 5.69 Å². The second kappa shape index (κ2) is 6.93. The van der Waals surface area contributed by atoms with Gasteiger partial charge in [-0.3, -0.25) is 9.59 Å². The number of hydrogen-bond donors (Lipinski definition) is 2. The van der Waals surface area contributed by atoms with E-state index in [0.717, 1.165) is 49.4 Å². The number of piperidine rings is 1. The summed E-state index contributed by atoms with van der Waals surface area (Å²) in [5.41, 5.74) is 3.20. The van der Waals surface area contributed by atoms with Gasteiger partial charge in [-0.1, -0.05) is 6.07 Å². The van der Waals surface area contributed by atoms with E-state index in [9.17, 15) is 9.59 Å². The molecular weight excluding hydrogens is 302 g/mol. The van der Waals surface area contributed by atoms with E-state index < -0.39 is 0 Å². The van der Waals surface area contributed by atoms with Gasteiger partial charge in [0.05, 0.1) is 0 Å². The lowest BCUT2D eigenvalue weighted by Crippen LogP contribution is -2.43. The van der Waals surface area contributed by atoms with Gasteiger partial charge in [-0.25, -0.2) is 0 Å². The molecular formula is C19H27N3O2. The van der Waals surface area contributed by atoms with Crippen LogP contribution in [0.2, 0.25) is 0 Å². The van der Waals surface area contributed by atoms with Crippen LogP contribution in [0.1, 0.15) is 36.8 Å². The standard InChI is InChI=1S/C19H27N3O2/c1-14-8-15(2)10-16(9-14)21-17(23)11-18(24)22-7-5-19(13-22)4-3-6-20-12-19/h8-10,20H,3-7,11-13H2,1-2H3,(H,21,23)/t19-/m1/s1. The normalized spacial score (nSPS) is 23.5. The zero-order chi connectivity index (χ0) is 17.2. The minimum Gasteiger partial charge on any atom is -0.342 e. The zero-order valence-corrected chi connectivity index (χ0v) is 14.7. The van der Waals surface area contributed by atoms with Crippen LogP contribution in [-0.4, -0.2) is 42.9 Å². The van der Waals surface area contributed by atoms with Crippen molar-refractivity contribution in [2.75, 3.05) is 31.5 Å². The Morgan fingerprint density at radius 2 is 1.96 bits per heavy atom. The maximum Gasteiger partial charge on any atom is 0.233 e. The summed E-state index contributed by atoms with van der Waals surface area (Å²) in [4.78, 5) is 26.5. The molecule has 0 unspecified atom stereocenters. The number of anilines is 1. The number of benzene rings is 1. The number of rotatable bonds is 3. The van der Waals surface area contributed by atoms with Gasteiger partial charge < -0.3 is 15.5 Å². The number of aryl methyl sites for hydroxylation is 2. The molecule has 2 amide bonds. The van der Waals surface area contributed by atoms with Gasteiger partial charge in [0, 0.05) is 30.7 Å². The van der Waals surface area contributed by atoms with Crippen molar-refractivity contribution in [2.45, 2.75) is 39.5 Å². The summed E-state index contributed by atoms with van der Waals surface area (Å²) in [5, 5.41) is 6.29. The lowest BCUT2D eigenvalue weighted by molar-refractivity contribution is -0.134. The third kappa shape index (κ3) is 3.96. The molecule has 3 rings (SSSR count). The summed E-state index contributed by atoms with van der Waals surface area (Å²) in [6.07, 6.45) is 3.33. The Bertz CT molecular complexity index is 615. The first-order valence-electron chi connectivity index (χ1n) is 8.82. The van der Waals surface area contributed by atoms with E-state index in [2.05, 4.69) is 16.7 Å². The Hall–Kier alpha value is -1.88. The Balaban J connectivity index is 1.54. The number of carbonyl (C=O) groups excluding carboxylic acids is 2. The van der Waals surface area contributed by atoms with Gasteiger partial charge in [0.2, 0.25) is 11.8 Å². The molecule has 2 heterocycles. The molecule has 2 aliphatic heterocycles. The molecule has 5 heteroatoms. The number of nitrogens with one attached hydrogen (secondary N) is 2. The van der Waals surface area contributed by atoms with Crippen molar-refractivity contribution in [1.82, 2.24) is 10.2 Å². The third-order valence-corrected chi connectivity index (χ3v) is 5.17. The fraction of sp³-hybridized carbons (Fsp3) is 0.579. The summed E-state index contributed by atoms with van der Waals surface area (Å²) < 4.78 is 0. The molecule has 1 spiro atoms. The van der Waals surface area contributed by atoms with Crippen molar-refractivity contribution < 1.29 is 9.59 Å². The molecule has 24 heavy (non-hydrogen) atoms. The molecule has 130 valence electrons. The number of amides is 2. The highest BCUT2D eigenvalue weighted by atomic mass is 16.2. The van der Waals surface area contributed by atoms with E-state index in [4.69, 9.17) is 0 Å². The lowest BCUT2D eigenvalue weighted by atomic mass is 9.80. The molecule has 2 aliphatic rings. The lowest BCUT2D eigenvalue weighted by Gasteiger charge is -2.33. The molecule has 1 aromatic carbocycles. The Labute approximate surface area is 143 Å². The molecule has 1 aromatic rings. The van der Waals surface area contributed by atoms with E-state index in [-0.39, 0.29) is 23.7 Å². The van der Waals surface area contributed by atoms with Gasteiger partial charge in [0.15, 0.2) is 0 Å². The highest BCUT2D eigenvalue weighted by molar-refractivity contribution is 6.03. The number of hydrogen-bond acceptors (Lipinski definition) is 3. The van der Waals surface area contributed by atoms with Crippen molar-refractivity contribution in [2.24, 2.45) is 5.41 Å². The second-order valence-corrected chi connectivity index (χ2v) is 7.45. The topological polar surface area (TPSA) is 61.4 Å². The summed E-state index contributed by atoms with van der Waals surface area (Å²) in [5.74, 6) is -0.285. The van der Waals surface area contributed by atoms with Gasteiger partial charge in [-0.05, 0) is 62.9 Å². The van der Waals surface area contributed by atoms with Gasteiger partial charge in [-0.2, -0.15) is 0 Å². The second-order valence-electron chi connectivity index (χ2n) is 7.45.